The first-order valence-electron chi connectivity index (χ1n) is 28.0. The Hall–Kier alpha value is -6.26. The Bertz CT molecular complexity index is 3930. The van der Waals surface area contributed by atoms with Gasteiger partial charge in [0.2, 0.25) is 0 Å². The average molecular weight is 986 g/mol. The molecule has 0 spiro atoms. The SMILES string of the molecule is CC(C)(C)c1ccc(N2B3c4c(cc(C(C)(C)C)cc4-n4c5cc6c7cc(C(C)(C)C)ccc7n(-c7ccc(C(C)(C)C)cc7)c6cc5c5cc(C(C)(C)C)cc3c54)C3=C2c2cc(C(C)(C)C)ccc2C3(C)C)cc1. The molecule has 0 atom stereocenters. The van der Waals surface area contributed by atoms with Crippen LogP contribution in [0.5, 0.6) is 0 Å². The number of benzene rings is 7. The molecule has 2 aromatic heterocycles. The summed E-state index contributed by atoms with van der Waals surface area (Å²) in [6, 6.07) is 49.2. The van der Waals surface area contributed by atoms with Crippen molar-refractivity contribution in [3.8, 4) is 11.4 Å². The Morgan fingerprint density at radius 2 is 0.813 bits per heavy atom. The Kier molecular flexibility index (Phi) is 10.2. The fourth-order valence-electron chi connectivity index (χ4n) is 13.2. The van der Waals surface area contributed by atoms with Gasteiger partial charge in [-0.05, 0) is 160 Å². The molecule has 0 bridgehead atoms. The second-order valence-corrected chi connectivity index (χ2v) is 29.7. The molecular formula is C71H80BN3. The second kappa shape index (κ2) is 15.5. The quantitative estimate of drug-likeness (QED) is 0.157. The van der Waals surface area contributed by atoms with E-state index < -0.39 is 0 Å². The number of anilines is 1. The molecule has 0 unspecified atom stereocenters. The lowest BCUT2D eigenvalue weighted by atomic mass is 9.43. The van der Waals surface area contributed by atoms with Crippen LogP contribution >= 0.6 is 0 Å². The van der Waals surface area contributed by atoms with Gasteiger partial charge in [-0.2, -0.15) is 0 Å². The molecular weight excluding hydrogens is 906 g/mol. The monoisotopic (exact) mass is 986 g/mol. The van der Waals surface area contributed by atoms with Crippen LogP contribution in [0.15, 0.2) is 121 Å². The van der Waals surface area contributed by atoms with Crippen molar-refractivity contribution in [2.75, 3.05) is 4.81 Å². The van der Waals surface area contributed by atoms with Gasteiger partial charge >= 0.3 is 6.85 Å². The summed E-state index contributed by atoms with van der Waals surface area (Å²) >= 11 is 0. The third kappa shape index (κ3) is 7.34. The van der Waals surface area contributed by atoms with Crippen LogP contribution in [-0.2, 0) is 37.9 Å². The molecule has 382 valence electrons. The lowest BCUT2D eigenvalue weighted by molar-refractivity contribution is 0.588. The van der Waals surface area contributed by atoms with Crippen molar-refractivity contribution >= 4 is 78.3 Å². The predicted molar refractivity (Wildman–Crippen MR) is 328 cm³/mol. The van der Waals surface area contributed by atoms with Gasteiger partial charge < -0.3 is 13.9 Å². The van der Waals surface area contributed by atoms with E-state index in [4.69, 9.17) is 0 Å². The zero-order valence-electron chi connectivity index (χ0n) is 49.0. The molecule has 1 aliphatic carbocycles. The van der Waals surface area contributed by atoms with Crippen LogP contribution in [0.1, 0.15) is 189 Å². The van der Waals surface area contributed by atoms with Gasteiger partial charge in [-0.1, -0.05) is 193 Å². The number of allylic oxidation sites excluding steroid dienone is 1. The van der Waals surface area contributed by atoms with Crippen LogP contribution in [-0.4, -0.2) is 16.0 Å². The number of nitrogens with zero attached hydrogens (tertiary/aromatic N) is 3. The molecule has 2 aliphatic heterocycles. The molecule has 9 aromatic rings. The second-order valence-electron chi connectivity index (χ2n) is 29.7. The molecule has 0 saturated carbocycles. The molecule has 0 fully saturated rings. The summed E-state index contributed by atoms with van der Waals surface area (Å²) in [5, 5.41) is 5.21. The maximum absolute atomic E-state index is 2.81. The van der Waals surface area contributed by atoms with E-state index in [2.05, 4.69) is 274 Å². The van der Waals surface area contributed by atoms with E-state index in [1.54, 1.807) is 0 Å². The molecule has 75 heavy (non-hydrogen) atoms. The molecule has 3 nitrogen and oxygen atoms in total. The Morgan fingerprint density at radius 1 is 0.373 bits per heavy atom. The first kappa shape index (κ1) is 49.6. The normalized spacial score (nSPS) is 15.7. The summed E-state index contributed by atoms with van der Waals surface area (Å²) in [5.74, 6) is 0. The number of fused-ring (bicyclic) bond motifs is 11. The van der Waals surface area contributed by atoms with Crippen molar-refractivity contribution in [3.63, 3.8) is 0 Å². The number of hydrogen-bond donors (Lipinski definition) is 0. The third-order valence-corrected chi connectivity index (χ3v) is 17.8. The van der Waals surface area contributed by atoms with Gasteiger partial charge in [0.05, 0.1) is 22.1 Å². The highest BCUT2D eigenvalue weighted by Crippen LogP contribution is 2.57. The highest BCUT2D eigenvalue weighted by atomic mass is 15.1. The molecule has 0 radical (unpaired) electrons. The fourth-order valence-corrected chi connectivity index (χ4v) is 13.2. The highest BCUT2D eigenvalue weighted by Gasteiger charge is 2.52. The van der Waals surface area contributed by atoms with Gasteiger partial charge in [0, 0.05) is 55.3 Å². The summed E-state index contributed by atoms with van der Waals surface area (Å²) in [7, 11) is 0. The summed E-state index contributed by atoms with van der Waals surface area (Å²) in [6.45, 7) is 47.3. The molecule has 0 saturated heterocycles. The van der Waals surface area contributed by atoms with E-state index >= 15 is 0 Å². The van der Waals surface area contributed by atoms with Crippen LogP contribution in [0.25, 0.3) is 66.3 Å². The zero-order chi connectivity index (χ0) is 53.8. The van der Waals surface area contributed by atoms with E-state index in [1.807, 2.05) is 0 Å². The molecule has 7 aromatic carbocycles. The van der Waals surface area contributed by atoms with Gasteiger partial charge in [-0.25, -0.2) is 0 Å². The fraction of sp³-hybridized carbons (Fsp3) is 0.380. The third-order valence-electron chi connectivity index (χ3n) is 17.8. The zero-order valence-corrected chi connectivity index (χ0v) is 49.0. The first-order chi connectivity index (χ1) is 34.7. The number of aromatic nitrogens is 2. The van der Waals surface area contributed by atoms with Gasteiger partial charge in [0.1, 0.15) is 0 Å². The van der Waals surface area contributed by atoms with Crippen molar-refractivity contribution < 1.29 is 0 Å². The van der Waals surface area contributed by atoms with Gasteiger partial charge in [-0.3, -0.25) is 0 Å². The lowest BCUT2D eigenvalue weighted by Gasteiger charge is -2.44. The molecule has 0 amide bonds. The largest absolute Gasteiger partial charge is 0.376 e. The van der Waals surface area contributed by atoms with Crippen LogP contribution in [0, 0.1) is 0 Å². The summed E-state index contributed by atoms with van der Waals surface area (Å²) < 4.78 is 5.27. The van der Waals surface area contributed by atoms with Crippen LogP contribution < -0.4 is 15.7 Å². The summed E-state index contributed by atoms with van der Waals surface area (Å²) in [4.78, 5) is 2.81. The molecule has 12 rings (SSSR count). The minimum atomic E-state index is -0.272. The summed E-state index contributed by atoms with van der Waals surface area (Å²) in [5.41, 5.74) is 26.2. The smallest absolute Gasteiger partial charge is 0.333 e. The van der Waals surface area contributed by atoms with Crippen molar-refractivity contribution in [2.45, 2.75) is 176 Å². The summed E-state index contributed by atoms with van der Waals surface area (Å²) in [6.07, 6.45) is 0. The topological polar surface area (TPSA) is 13.1 Å². The van der Waals surface area contributed by atoms with Crippen LogP contribution in [0.2, 0.25) is 0 Å². The van der Waals surface area contributed by atoms with E-state index in [0.29, 0.717) is 0 Å². The highest BCUT2D eigenvalue weighted by molar-refractivity contribution is 6.94. The Labute approximate surface area is 449 Å². The van der Waals surface area contributed by atoms with Crippen molar-refractivity contribution in [1.82, 2.24) is 9.13 Å². The van der Waals surface area contributed by atoms with Crippen LogP contribution in [0.3, 0.4) is 0 Å². The minimum Gasteiger partial charge on any atom is -0.376 e. The van der Waals surface area contributed by atoms with Gasteiger partial charge in [-0.15, -0.1) is 0 Å². The van der Waals surface area contributed by atoms with Crippen molar-refractivity contribution in [3.05, 3.63) is 171 Å². The van der Waals surface area contributed by atoms with Crippen molar-refractivity contribution in [2.24, 2.45) is 0 Å². The maximum Gasteiger partial charge on any atom is 0.333 e. The average Bonchev–Trinajstić information content (AvgIpc) is 3.91. The van der Waals surface area contributed by atoms with Crippen LogP contribution in [0.4, 0.5) is 5.69 Å². The van der Waals surface area contributed by atoms with E-state index in [1.165, 1.54) is 133 Å². The molecule has 3 aliphatic rings. The lowest BCUT2D eigenvalue weighted by Crippen LogP contribution is -2.62. The Balaban J connectivity index is 1.27. The van der Waals surface area contributed by atoms with Gasteiger partial charge in [0.15, 0.2) is 0 Å². The van der Waals surface area contributed by atoms with E-state index in [0.717, 1.165) is 0 Å². The maximum atomic E-state index is 2.81. The standard InChI is InChI=1S/C71H80BN3/c1-65(2,3)41-21-27-47(28-22-41)73-57-32-26-44(68(10,11)12)33-49(57)50-39-59-51(40-58(50)73)52-35-45(69(13,14)15)37-56-63(52)74(59)60-38-46(70(16,17)18)36-54-61-64(53-34-43(67(7,8)9)25-31-55(53)71(61,19)20)75(72(56)62(54)60)48-29-23-42(24-30-48)66(4,5)6/h21-40H,1-20H3. The molecule has 4 heterocycles. The van der Waals surface area contributed by atoms with E-state index in [-0.39, 0.29) is 44.8 Å². The predicted octanol–water partition coefficient (Wildman–Crippen LogP) is 17.8. The molecule has 4 heteroatoms. The van der Waals surface area contributed by atoms with Crippen molar-refractivity contribution in [1.29, 1.82) is 0 Å². The number of hydrogen-bond acceptors (Lipinski definition) is 1. The van der Waals surface area contributed by atoms with Gasteiger partial charge in [0.25, 0.3) is 0 Å². The molecule has 0 N–H and O–H groups in total. The van der Waals surface area contributed by atoms with E-state index in [9.17, 15) is 0 Å². The minimum absolute atomic E-state index is 0.00893. The number of rotatable bonds is 2. The first-order valence-corrected chi connectivity index (χ1v) is 28.0. The Morgan fingerprint density at radius 3 is 1.37 bits per heavy atom.